The van der Waals surface area contributed by atoms with E-state index in [0.717, 1.165) is 27.4 Å². The topological polar surface area (TPSA) is 40.5 Å². The highest BCUT2D eigenvalue weighted by Gasteiger charge is 2.40. The summed E-state index contributed by atoms with van der Waals surface area (Å²) in [5.74, 6) is 1.93. The second-order valence-electron chi connectivity index (χ2n) is 7.93. The lowest BCUT2D eigenvalue weighted by molar-refractivity contribution is 0.389. The molecule has 0 amide bonds. The minimum atomic E-state index is -0.432. The van der Waals surface area contributed by atoms with E-state index < -0.39 is 5.41 Å². The molecule has 0 spiro atoms. The number of hydrogen-bond acceptors (Lipinski definition) is 3. The molecule has 3 aromatic carbocycles. The van der Waals surface area contributed by atoms with E-state index in [4.69, 9.17) is 9.47 Å². The zero-order chi connectivity index (χ0) is 19.8. The van der Waals surface area contributed by atoms with Gasteiger partial charge in [0, 0.05) is 18.5 Å². The van der Waals surface area contributed by atoms with Crippen LogP contribution >= 0.6 is 0 Å². The van der Waals surface area contributed by atoms with Crippen LogP contribution < -0.4 is 14.9 Å². The Morgan fingerprint density at radius 1 is 1.07 bits per heavy atom. The number of ether oxygens (including phenoxy) is 2. The highest BCUT2D eigenvalue weighted by atomic mass is 16.5. The minimum Gasteiger partial charge on any atom is -0.495 e. The maximum atomic E-state index is 13.6. The van der Waals surface area contributed by atoms with Crippen LogP contribution in [0.15, 0.2) is 59.6 Å². The first kappa shape index (κ1) is 16.9. The largest absolute Gasteiger partial charge is 0.495 e. The fraction of sp³-hybridized carbons (Fsp3) is 0.208. The zero-order valence-electron chi connectivity index (χ0n) is 16.4. The fourth-order valence-electron chi connectivity index (χ4n) is 4.33. The Morgan fingerprint density at radius 2 is 1.75 bits per heavy atom. The standard InChI is InChI=1S/C24H21NO3/c1-13-24(2,3)21-19(28-13)12-18-20(23(21)27-5)22(26)16-10-14-8-6-7-9-15(14)11-17(16)25(18)4/h6-12H,1H2,2-5H3. The van der Waals surface area contributed by atoms with Crippen LogP contribution in [-0.4, -0.2) is 11.7 Å². The van der Waals surface area contributed by atoms with Crippen LogP contribution in [0.3, 0.4) is 0 Å². The van der Waals surface area contributed by atoms with Gasteiger partial charge in [-0.25, -0.2) is 0 Å². The summed E-state index contributed by atoms with van der Waals surface area (Å²) in [5, 5.41) is 3.41. The highest BCUT2D eigenvalue weighted by Crippen LogP contribution is 2.51. The van der Waals surface area contributed by atoms with Crippen molar-refractivity contribution in [2.45, 2.75) is 19.3 Å². The second kappa shape index (κ2) is 5.38. The molecule has 4 aromatic rings. The zero-order valence-corrected chi connectivity index (χ0v) is 16.4. The molecule has 1 aliphatic rings. The molecule has 0 saturated carbocycles. The van der Waals surface area contributed by atoms with Gasteiger partial charge in [-0.05, 0) is 36.8 Å². The average molecular weight is 371 g/mol. The number of aromatic nitrogens is 1. The van der Waals surface area contributed by atoms with E-state index in [1.807, 2.05) is 55.8 Å². The molecule has 0 atom stereocenters. The molecule has 1 aromatic heterocycles. The molecule has 0 bridgehead atoms. The van der Waals surface area contributed by atoms with Crippen molar-refractivity contribution in [1.82, 2.24) is 4.57 Å². The first-order valence-electron chi connectivity index (χ1n) is 9.28. The summed E-state index contributed by atoms with van der Waals surface area (Å²) >= 11 is 0. The molecular weight excluding hydrogens is 350 g/mol. The third-order valence-corrected chi connectivity index (χ3v) is 6.04. The van der Waals surface area contributed by atoms with E-state index in [1.54, 1.807) is 7.11 Å². The number of methoxy groups -OCH3 is 1. The molecule has 0 unspecified atom stereocenters. The highest BCUT2D eigenvalue weighted by molar-refractivity contribution is 6.04. The molecule has 1 aliphatic heterocycles. The molecule has 0 radical (unpaired) electrons. The molecule has 2 heterocycles. The van der Waals surface area contributed by atoms with E-state index in [1.165, 1.54) is 0 Å². The number of nitrogens with zero attached hydrogens (tertiary/aromatic N) is 1. The van der Waals surface area contributed by atoms with Gasteiger partial charge in [-0.15, -0.1) is 0 Å². The molecule has 0 saturated heterocycles. The number of allylic oxidation sites excluding steroid dienone is 1. The van der Waals surface area contributed by atoms with Gasteiger partial charge in [-0.3, -0.25) is 4.79 Å². The van der Waals surface area contributed by atoms with Gasteiger partial charge >= 0.3 is 0 Å². The van der Waals surface area contributed by atoms with Crippen LogP contribution in [0.25, 0.3) is 32.6 Å². The number of benzene rings is 3. The Balaban J connectivity index is 2.04. The molecular formula is C24H21NO3. The van der Waals surface area contributed by atoms with Crippen molar-refractivity contribution < 1.29 is 9.47 Å². The van der Waals surface area contributed by atoms with Crippen LogP contribution in [0.1, 0.15) is 19.4 Å². The van der Waals surface area contributed by atoms with Crippen molar-refractivity contribution in [2.24, 2.45) is 7.05 Å². The predicted octanol–water partition coefficient (Wildman–Crippen LogP) is 5.04. The van der Waals surface area contributed by atoms with E-state index in [2.05, 4.69) is 18.7 Å². The third-order valence-electron chi connectivity index (χ3n) is 6.04. The molecule has 28 heavy (non-hydrogen) atoms. The molecule has 0 N–H and O–H groups in total. The van der Waals surface area contributed by atoms with E-state index in [9.17, 15) is 4.79 Å². The summed E-state index contributed by atoms with van der Waals surface area (Å²) in [6, 6.07) is 14.0. The lowest BCUT2D eigenvalue weighted by Gasteiger charge is -2.21. The van der Waals surface area contributed by atoms with Crippen molar-refractivity contribution in [2.75, 3.05) is 7.11 Å². The molecule has 140 valence electrons. The Bertz CT molecular complexity index is 1390. The maximum absolute atomic E-state index is 13.6. The quantitative estimate of drug-likeness (QED) is 0.440. The summed E-state index contributed by atoms with van der Waals surface area (Å²) < 4.78 is 13.8. The van der Waals surface area contributed by atoms with E-state index in [0.29, 0.717) is 28.0 Å². The molecule has 5 rings (SSSR count). The lowest BCUT2D eigenvalue weighted by atomic mass is 9.83. The van der Waals surface area contributed by atoms with Crippen molar-refractivity contribution >= 4 is 32.6 Å². The van der Waals surface area contributed by atoms with Crippen LogP contribution in [0.2, 0.25) is 0 Å². The Labute approximate surface area is 162 Å². The van der Waals surface area contributed by atoms with Gasteiger partial charge in [-0.2, -0.15) is 0 Å². The summed E-state index contributed by atoms with van der Waals surface area (Å²) in [4.78, 5) is 13.6. The van der Waals surface area contributed by atoms with E-state index in [-0.39, 0.29) is 5.43 Å². The number of pyridine rings is 1. The number of rotatable bonds is 1. The van der Waals surface area contributed by atoms with Gasteiger partial charge in [0.2, 0.25) is 5.43 Å². The number of aryl methyl sites for hydroxylation is 1. The SMILES string of the molecule is C=C1Oc2cc3c(c(OC)c2C1(C)C)c(=O)c1cc2ccccc2cc1n3C. The van der Waals surface area contributed by atoms with Gasteiger partial charge in [0.1, 0.15) is 17.3 Å². The summed E-state index contributed by atoms with van der Waals surface area (Å²) in [6.07, 6.45) is 0. The van der Waals surface area contributed by atoms with Crippen molar-refractivity contribution in [1.29, 1.82) is 0 Å². The summed E-state index contributed by atoms with van der Waals surface area (Å²) in [5.41, 5.74) is 2.09. The molecule has 0 fully saturated rings. The molecule has 0 aliphatic carbocycles. The van der Waals surface area contributed by atoms with Gasteiger partial charge < -0.3 is 14.0 Å². The smallest absolute Gasteiger partial charge is 0.201 e. The molecule has 4 heteroatoms. The maximum Gasteiger partial charge on any atom is 0.201 e. The normalized spacial score (nSPS) is 15.2. The first-order chi connectivity index (χ1) is 13.3. The van der Waals surface area contributed by atoms with Crippen LogP contribution in [0.5, 0.6) is 11.5 Å². The fourth-order valence-corrected chi connectivity index (χ4v) is 4.33. The Kier molecular flexibility index (Phi) is 3.24. The second-order valence-corrected chi connectivity index (χ2v) is 7.93. The van der Waals surface area contributed by atoms with Gasteiger partial charge in [0.25, 0.3) is 0 Å². The van der Waals surface area contributed by atoms with Crippen LogP contribution in [0.4, 0.5) is 0 Å². The number of fused-ring (bicyclic) bond motifs is 4. The van der Waals surface area contributed by atoms with Gasteiger partial charge in [-0.1, -0.05) is 30.8 Å². The summed E-state index contributed by atoms with van der Waals surface area (Å²) in [7, 11) is 3.58. The lowest BCUT2D eigenvalue weighted by Crippen LogP contribution is -2.18. The van der Waals surface area contributed by atoms with Crippen molar-refractivity contribution in [3.63, 3.8) is 0 Å². The third kappa shape index (κ3) is 1.97. The number of hydrogen-bond donors (Lipinski definition) is 0. The van der Waals surface area contributed by atoms with Crippen molar-refractivity contribution in [3.8, 4) is 11.5 Å². The van der Waals surface area contributed by atoms with Gasteiger partial charge in [0.05, 0.1) is 34.5 Å². The predicted molar refractivity (Wildman–Crippen MR) is 114 cm³/mol. The van der Waals surface area contributed by atoms with Crippen molar-refractivity contribution in [3.05, 3.63) is 70.6 Å². The molecule has 4 nitrogen and oxygen atoms in total. The Morgan fingerprint density at radius 3 is 2.43 bits per heavy atom. The van der Waals surface area contributed by atoms with E-state index >= 15 is 0 Å². The van der Waals surface area contributed by atoms with Crippen LogP contribution in [-0.2, 0) is 12.5 Å². The average Bonchev–Trinajstić information content (AvgIpc) is 2.92. The Hall–Kier alpha value is -3.27. The minimum absolute atomic E-state index is 0.0261. The monoisotopic (exact) mass is 371 g/mol. The van der Waals surface area contributed by atoms with Crippen LogP contribution in [0, 0.1) is 0 Å². The first-order valence-corrected chi connectivity index (χ1v) is 9.28. The van der Waals surface area contributed by atoms with Gasteiger partial charge in [0.15, 0.2) is 0 Å². The summed E-state index contributed by atoms with van der Waals surface area (Å²) in [6.45, 7) is 8.13.